The van der Waals surface area contributed by atoms with E-state index < -0.39 is 18.4 Å². The first kappa shape index (κ1) is 11.6. The number of hydroxylamine groups is 2. The fourth-order valence-corrected chi connectivity index (χ4v) is 1.19. The van der Waals surface area contributed by atoms with Crippen LogP contribution in [0.5, 0.6) is 0 Å². The van der Waals surface area contributed by atoms with Crippen LogP contribution in [0.4, 0.5) is 9.59 Å². The smallest absolute Gasteiger partial charge is 0.435 e. The Balaban J connectivity index is 2.49. The van der Waals surface area contributed by atoms with E-state index >= 15 is 0 Å². The monoisotopic (exact) mass is 218 g/mol. The van der Waals surface area contributed by atoms with Crippen molar-refractivity contribution >= 4 is 12.2 Å². The van der Waals surface area contributed by atoms with Crippen LogP contribution in [0.1, 0.15) is 13.3 Å². The van der Waals surface area contributed by atoms with E-state index in [2.05, 4.69) is 4.74 Å². The van der Waals surface area contributed by atoms with Crippen molar-refractivity contribution in [1.82, 2.24) is 9.96 Å². The molecule has 0 aliphatic carbocycles. The Labute approximate surface area is 87.1 Å². The summed E-state index contributed by atoms with van der Waals surface area (Å²) in [6, 6.07) is -0.601. The van der Waals surface area contributed by atoms with Crippen LogP contribution in [0, 0.1) is 0 Å². The molecule has 1 atom stereocenters. The van der Waals surface area contributed by atoms with Crippen LogP contribution in [0.15, 0.2) is 0 Å². The lowest BCUT2D eigenvalue weighted by Gasteiger charge is -2.34. The predicted octanol–water partition coefficient (Wildman–Crippen LogP) is 0.632. The van der Waals surface area contributed by atoms with E-state index in [4.69, 9.17) is 4.74 Å². The van der Waals surface area contributed by atoms with Gasteiger partial charge in [0.1, 0.15) is 0 Å². The molecule has 7 nitrogen and oxygen atoms in total. The maximum atomic E-state index is 11.2. The lowest BCUT2D eigenvalue weighted by atomic mass is 10.3. The molecule has 0 aromatic carbocycles. The normalized spacial score (nSPS) is 21.5. The van der Waals surface area contributed by atoms with Crippen molar-refractivity contribution in [1.29, 1.82) is 0 Å². The van der Waals surface area contributed by atoms with Gasteiger partial charge in [-0.2, -0.15) is 5.06 Å². The number of nitrogens with zero attached hydrogens (tertiary/aromatic N) is 2. The van der Waals surface area contributed by atoms with Crippen molar-refractivity contribution < 1.29 is 24.3 Å². The summed E-state index contributed by atoms with van der Waals surface area (Å²) in [4.78, 5) is 23.5. The minimum atomic E-state index is -0.965. The number of carbonyl (C=O) groups is 2. The van der Waals surface area contributed by atoms with Crippen molar-refractivity contribution in [3.05, 3.63) is 0 Å². The van der Waals surface area contributed by atoms with Gasteiger partial charge in [-0.05, 0) is 6.92 Å². The van der Waals surface area contributed by atoms with Gasteiger partial charge in [0.15, 0.2) is 0 Å². The first-order valence-corrected chi connectivity index (χ1v) is 4.63. The molecule has 0 radical (unpaired) electrons. The van der Waals surface area contributed by atoms with E-state index in [1.807, 2.05) is 0 Å². The van der Waals surface area contributed by atoms with Crippen molar-refractivity contribution in [3.8, 4) is 0 Å². The molecule has 0 spiro atoms. The van der Waals surface area contributed by atoms with Gasteiger partial charge in [-0.25, -0.2) is 9.59 Å². The van der Waals surface area contributed by atoms with Crippen LogP contribution in [0.25, 0.3) is 0 Å². The molecule has 7 heteroatoms. The highest BCUT2D eigenvalue weighted by molar-refractivity contribution is 5.74. The molecule has 1 aliphatic heterocycles. The molecule has 1 rings (SSSR count). The van der Waals surface area contributed by atoms with E-state index in [1.54, 1.807) is 14.0 Å². The maximum absolute atomic E-state index is 11.2. The number of rotatable bonds is 2. The van der Waals surface area contributed by atoms with E-state index in [1.165, 1.54) is 4.90 Å². The molecule has 2 amide bonds. The van der Waals surface area contributed by atoms with Gasteiger partial charge in [-0.3, -0.25) is 5.21 Å². The van der Waals surface area contributed by atoms with Crippen LogP contribution in [-0.4, -0.2) is 53.8 Å². The average molecular weight is 218 g/mol. The summed E-state index contributed by atoms with van der Waals surface area (Å²) in [5.41, 5.74) is 0. The zero-order valence-corrected chi connectivity index (χ0v) is 8.67. The lowest BCUT2D eigenvalue weighted by Crippen LogP contribution is -2.52. The molecule has 1 saturated heterocycles. The molecule has 0 saturated carbocycles. The third-order valence-electron chi connectivity index (χ3n) is 2.00. The van der Waals surface area contributed by atoms with Crippen molar-refractivity contribution in [2.75, 3.05) is 20.2 Å². The third kappa shape index (κ3) is 2.72. The Morgan fingerprint density at radius 2 is 2.33 bits per heavy atom. The minimum Gasteiger partial charge on any atom is -0.435 e. The zero-order chi connectivity index (χ0) is 11.4. The highest BCUT2D eigenvalue weighted by Gasteiger charge is 2.33. The fourth-order valence-electron chi connectivity index (χ4n) is 1.19. The molecular weight excluding hydrogens is 204 g/mol. The predicted molar refractivity (Wildman–Crippen MR) is 48.2 cm³/mol. The zero-order valence-electron chi connectivity index (χ0n) is 8.67. The molecule has 0 aromatic rings. The Morgan fingerprint density at radius 1 is 1.67 bits per heavy atom. The van der Waals surface area contributed by atoms with Gasteiger partial charge >= 0.3 is 12.2 Å². The second kappa shape index (κ2) is 4.83. The van der Waals surface area contributed by atoms with Crippen LogP contribution in [-0.2, 0) is 9.47 Å². The van der Waals surface area contributed by atoms with Crippen molar-refractivity contribution in [2.24, 2.45) is 0 Å². The molecule has 1 heterocycles. The summed E-state index contributed by atoms with van der Waals surface area (Å²) in [6.45, 7) is 2.24. The average Bonchev–Trinajstić information content (AvgIpc) is 2.20. The lowest BCUT2D eigenvalue weighted by molar-refractivity contribution is -0.183. The maximum Gasteiger partial charge on any atom is 0.510 e. The highest BCUT2D eigenvalue weighted by Crippen LogP contribution is 2.14. The molecular formula is C8H14N2O5. The van der Waals surface area contributed by atoms with E-state index in [0.29, 0.717) is 18.0 Å². The molecule has 1 aliphatic rings. The number of urea groups is 1. The van der Waals surface area contributed by atoms with E-state index in [-0.39, 0.29) is 6.61 Å². The van der Waals surface area contributed by atoms with Gasteiger partial charge in [-0.1, -0.05) is 0 Å². The number of hydrogen-bond donors (Lipinski definition) is 1. The first-order chi connectivity index (χ1) is 7.06. The SMILES string of the molecule is CCOC(=O)OC1CCN(C)C(=O)N1O. The quantitative estimate of drug-likeness (QED) is 0.543. The number of amides is 2. The van der Waals surface area contributed by atoms with Crippen LogP contribution < -0.4 is 0 Å². The fraction of sp³-hybridized carbons (Fsp3) is 0.750. The summed E-state index contributed by atoms with van der Waals surface area (Å²) >= 11 is 0. The van der Waals surface area contributed by atoms with Gasteiger partial charge < -0.3 is 14.4 Å². The summed E-state index contributed by atoms with van der Waals surface area (Å²) in [6.07, 6.45) is -1.51. The third-order valence-corrected chi connectivity index (χ3v) is 2.00. The highest BCUT2D eigenvalue weighted by atomic mass is 16.7. The number of hydrogen-bond acceptors (Lipinski definition) is 5. The topological polar surface area (TPSA) is 79.3 Å². The van der Waals surface area contributed by atoms with Gasteiger partial charge in [-0.15, -0.1) is 0 Å². The summed E-state index contributed by atoms with van der Waals surface area (Å²) < 4.78 is 9.26. The molecule has 0 bridgehead atoms. The molecule has 86 valence electrons. The van der Waals surface area contributed by atoms with Gasteiger partial charge in [0.2, 0.25) is 6.23 Å². The number of carbonyl (C=O) groups excluding carboxylic acids is 2. The van der Waals surface area contributed by atoms with Gasteiger partial charge in [0.05, 0.1) is 6.61 Å². The Bertz CT molecular complexity index is 257. The van der Waals surface area contributed by atoms with Crippen molar-refractivity contribution in [3.63, 3.8) is 0 Å². The Hall–Kier alpha value is -1.50. The standard InChI is InChI=1S/C8H14N2O5/c1-3-14-8(12)15-6-4-5-9(2)7(11)10(6)13/h6,13H,3-5H2,1-2H3. The molecule has 1 unspecified atom stereocenters. The Kier molecular flexibility index (Phi) is 3.73. The van der Waals surface area contributed by atoms with E-state index in [0.717, 1.165) is 0 Å². The summed E-state index contributed by atoms with van der Waals surface area (Å²) in [5.74, 6) is 0. The van der Waals surface area contributed by atoms with Crippen LogP contribution >= 0.6 is 0 Å². The summed E-state index contributed by atoms with van der Waals surface area (Å²) in [7, 11) is 1.55. The van der Waals surface area contributed by atoms with Crippen LogP contribution in [0.2, 0.25) is 0 Å². The van der Waals surface area contributed by atoms with Gasteiger partial charge in [0, 0.05) is 20.0 Å². The van der Waals surface area contributed by atoms with Crippen molar-refractivity contribution in [2.45, 2.75) is 19.6 Å². The van der Waals surface area contributed by atoms with Crippen LogP contribution in [0.3, 0.4) is 0 Å². The molecule has 1 fully saturated rings. The minimum absolute atomic E-state index is 0.185. The second-order valence-electron chi connectivity index (χ2n) is 3.09. The second-order valence-corrected chi connectivity index (χ2v) is 3.09. The molecule has 15 heavy (non-hydrogen) atoms. The van der Waals surface area contributed by atoms with Gasteiger partial charge in [0.25, 0.3) is 0 Å². The number of ether oxygens (including phenoxy) is 2. The first-order valence-electron chi connectivity index (χ1n) is 4.63. The molecule has 0 aromatic heterocycles. The summed E-state index contributed by atoms with van der Waals surface area (Å²) in [5, 5.41) is 9.72. The van der Waals surface area contributed by atoms with E-state index in [9.17, 15) is 14.8 Å². The largest absolute Gasteiger partial charge is 0.510 e. The molecule has 1 N–H and O–H groups in total. The Morgan fingerprint density at radius 3 is 2.93 bits per heavy atom.